The highest BCUT2D eigenvalue weighted by molar-refractivity contribution is 6.12. The van der Waals surface area contributed by atoms with Gasteiger partial charge in [-0.2, -0.15) is 13.2 Å². The van der Waals surface area contributed by atoms with Crippen molar-refractivity contribution in [1.82, 2.24) is 0 Å². The Labute approximate surface area is 166 Å². The van der Waals surface area contributed by atoms with Crippen LogP contribution in [-0.4, -0.2) is 12.1 Å². The van der Waals surface area contributed by atoms with E-state index in [1.807, 2.05) is 36.4 Å². The van der Waals surface area contributed by atoms with Crippen molar-refractivity contribution in [2.45, 2.75) is 12.3 Å². The minimum Gasteiger partial charge on any atom is -0.361 e. The number of carbonyl (C=O) groups excluding carboxylic acids is 1. The first-order valence-electron chi connectivity index (χ1n) is 9.03. The first-order valence-corrected chi connectivity index (χ1v) is 9.03. The van der Waals surface area contributed by atoms with Crippen LogP contribution in [0, 0.1) is 0 Å². The zero-order valence-corrected chi connectivity index (χ0v) is 15.2. The third kappa shape index (κ3) is 3.87. The molecule has 1 aliphatic heterocycles. The van der Waals surface area contributed by atoms with Gasteiger partial charge in [0.05, 0.1) is 11.1 Å². The van der Waals surface area contributed by atoms with Crippen molar-refractivity contribution in [3.63, 3.8) is 0 Å². The van der Waals surface area contributed by atoms with Gasteiger partial charge in [0, 0.05) is 11.4 Å². The Hall–Kier alpha value is -3.54. The summed E-state index contributed by atoms with van der Waals surface area (Å²) < 4.78 is 39.6. The number of nitrogens with one attached hydrogen (secondary N) is 1. The maximum absolute atomic E-state index is 13.2. The van der Waals surface area contributed by atoms with E-state index in [1.54, 1.807) is 30.3 Å². The predicted molar refractivity (Wildman–Crippen MR) is 108 cm³/mol. The number of hydrogen-bond donors (Lipinski definition) is 1. The molecule has 1 N–H and O–H groups in total. The molecule has 1 amide bonds. The maximum atomic E-state index is 13.2. The van der Waals surface area contributed by atoms with Crippen molar-refractivity contribution < 1.29 is 18.0 Å². The van der Waals surface area contributed by atoms with Gasteiger partial charge in [0.25, 0.3) is 5.91 Å². The molecule has 0 aliphatic carbocycles. The lowest BCUT2D eigenvalue weighted by molar-refractivity contribution is -0.137. The van der Waals surface area contributed by atoms with E-state index in [0.717, 1.165) is 17.7 Å². The zero-order valence-electron chi connectivity index (χ0n) is 15.2. The van der Waals surface area contributed by atoms with Gasteiger partial charge in [-0.15, -0.1) is 0 Å². The summed E-state index contributed by atoms with van der Waals surface area (Å²) in [6, 6.07) is 21.2. The smallest absolute Gasteiger partial charge is 0.361 e. The van der Waals surface area contributed by atoms with Gasteiger partial charge < -0.3 is 5.32 Å². The van der Waals surface area contributed by atoms with Crippen LogP contribution >= 0.6 is 0 Å². The van der Waals surface area contributed by atoms with Gasteiger partial charge in [-0.3, -0.25) is 9.69 Å². The molecule has 1 heterocycles. The van der Waals surface area contributed by atoms with E-state index < -0.39 is 17.9 Å². The van der Waals surface area contributed by atoms with Crippen LogP contribution in [-0.2, 0) is 6.18 Å². The lowest BCUT2D eigenvalue weighted by Gasteiger charge is -2.36. The molecule has 3 aromatic carbocycles. The van der Waals surface area contributed by atoms with Crippen LogP contribution in [0.2, 0.25) is 0 Å². The molecular formula is C23H17F3N2O. The minimum atomic E-state index is -4.49. The molecular weight excluding hydrogens is 377 g/mol. The van der Waals surface area contributed by atoms with Crippen LogP contribution in [0.25, 0.3) is 6.08 Å². The fraction of sp³-hybridized carbons (Fsp3) is 0.0870. The van der Waals surface area contributed by atoms with Crippen LogP contribution in [0.1, 0.15) is 21.5 Å². The number of rotatable bonds is 3. The van der Waals surface area contributed by atoms with Gasteiger partial charge in [-0.1, -0.05) is 54.6 Å². The summed E-state index contributed by atoms with van der Waals surface area (Å²) in [7, 11) is 0. The number of carbonyl (C=O) groups is 1. The van der Waals surface area contributed by atoms with E-state index in [1.165, 1.54) is 17.0 Å². The van der Waals surface area contributed by atoms with Gasteiger partial charge in [0.1, 0.15) is 6.17 Å². The summed E-state index contributed by atoms with van der Waals surface area (Å²) in [5.74, 6) is -0.360. The molecule has 0 bridgehead atoms. The van der Waals surface area contributed by atoms with Crippen LogP contribution in [0.5, 0.6) is 0 Å². The second-order valence-corrected chi connectivity index (χ2v) is 6.63. The van der Waals surface area contributed by atoms with Gasteiger partial charge in [-0.05, 0) is 42.0 Å². The number of fused-ring (bicyclic) bond motifs is 1. The quantitative estimate of drug-likeness (QED) is 0.607. The predicted octanol–water partition coefficient (Wildman–Crippen LogP) is 5.82. The van der Waals surface area contributed by atoms with E-state index >= 15 is 0 Å². The summed E-state index contributed by atoms with van der Waals surface area (Å²) in [6.07, 6.45) is -1.53. The molecule has 1 unspecified atom stereocenters. The normalized spacial score (nSPS) is 16.6. The largest absolute Gasteiger partial charge is 0.416 e. The Kier molecular flexibility index (Phi) is 4.84. The third-order valence-electron chi connectivity index (χ3n) is 4.68. The number of para-hydroxylation sites is 1. The monoisotopic (exact) mass is 394 g/mol. The van der Waals surface area contributed by atoms with Gasteiger partial charge >= 0.3 is 6.18 Å². The average molecular weight is 394 g/mol. The van der Waals surface area contributed by atoms with Gasteiger partial charge in [0.15, 0.2) is 0 Å². The molecule has 0 radical (unpaired) electrons. The van der Waals surface area contributed by atoms with E-state index in [4.69, 9.17) is 0 Å². The van der Waals surface area contributed by atoms with Crippen molar-refractivity contribution in [2.75, 3.05) is 10.2 Å². The Balaban J connectivity index is 1.77. The van der Waals surface area contributed by atoms with Crippen molar-refractivity contribution in [3.05, 3.63) is 102 Å². The number of amides is 1. The molecule has 0 aromatic heterocycles. The fourth-order valence-corrected chi connectivity index (χ4v) is 3.29. The summed E-state index contributed by atoms with van der Waals surface area (Å²) in [5, 5.41) is 3.24. The number of halogens is 3. The molecule has 0 saturated carbocycles. The first kappa shape index (κ1) is 18.8. The van der Waals surface area contributed by atoms with Crippen molar-refractivity contribution >= 4 is 23.4 Å². The Morgan fingerprint density at radius 1 is 0.897 bits per heavy atom. The highest BCUT2D eigenvalue weighted by Crippen LogP contribution is 2.35. The van der Waals surface area contributed by atoms with Crippen LogP contribution in [0.4, 0.5) is 24.5 Å². The van der Waals surface area contributed by atoms with Gasteiger partial charge in [0.2, 0.25) is 0 Å². The Bertz CT molecular complexity index is 1060. The summed E-state index contributed by atoms with van der Waals surface area (Å²) in [6.45, 7) is 0. The van der Waals surface area contributed by atoms with E-state index in [0.29, 0.717) is 11.3 Å². The number of nitrogens with zero attached hydrogens (tertiary/aromatic N) is 1. The second-order valence-electron chi connectivity index (χ2n) is 6.63. The highest BCUT2D eigenvalue weighted by atomic mass is 19.4. The van der Waals surface area contributed by atoms with Crippen LogP contribution in [0.15, 0.2) is 84.9 Å². The molecule has 6 heteroatoms. The summed E-state index contributed by atoms with van der Waals surface area (Å²) in [4.78, 5) is 14.5. The SMILES string of the molecule is O=C1c2ccccc2NC(/C=C/c2ccccc2)N1c1cccc(C(F)(F)F)c1. The lowest BCUT2D eigenvalue weighted by atomic mass is 10.0. The molecule has 0 fully saturated rings. The van der Waals surface area contributed by atoms with Crippen LogP contribution < -0.4 is 10.2 Å². The van der Waals surface area contributed by atoms with Crippen molar-refractivity contribution in [2.24, 2.45) is 0 Å². The molecule has 0 spiro atoms. The number of anilines is 2. The number of hydrogen-bond acceptors (Lipinski definition) is 2. The number of alkyl halides is 3. The average Bonchev–Trinajstić information content (AvgIpc) is 2.72. The van der Waals surface area contributed by atoms with E-state index in [2.05, 4.69) is 5.32 Å². The maximum Gasteiger partial charge on any atom is 0.416 e. The highest BCUT2D eigenvalue weighted by Gasteiger charge is 2.34. The molecule has 1 atom stereocenters. The van der Waals surface area contributed by atoms with E-state index in [-0.39, 0.29) is 11.6 Å². The first-order chi connectivity index (χ1) is 13.9. The molecule has 3 nitrogen and oxygen atoms in total. The molecule has 0 saturated heterocycles. The molecule has 4 rings (SSSR count). The minimum absolute atomic E-state index is 0.175. The van der Waals surface area contributed by atoms with E-state index in [9.17, 15) is 18.0 Å². The molecule has 3 aromatic rings. The summed E-state index contributed by atoms with van der Waals surface area (Å²) in [5.41, 5.74) is 1.35. The lowest BCUT2D eigenvalue weighted by Crippen LogP contribution is -2.48. The van der Waals surface area contributed by atoms with Crippen LogP contribution in [0.3, 0.4) is 0 Å². The standard InChI is InChI=1S/C23H17F3N2O/c24-23(25,26)17-9-6-10-18(15-17)28-21(14-13-16-7-2-1-3-8-16)27-20-12-5-4-11-19(20)22(28)29/h1-15,21,27H/b14-13+. The third-order valence-corrected chi connectivity index (χ3v) is 4.68. The number of benzene rings is 3. The Morgan fingerprint density at radius 3 is 2.38 bits per heavy atom. The Morgan fingerprint density at radius 2 is 1.62 bits per heavy atom. The summed E-state index contributed by atoms with van der Waals surface area (Å²) >= 11 is 0. The van der Waals surface area contributed by atoms with Gasteiger partial charge in [-0.25, -0.2) is 0 Å². The molecule has 29 heavy (non-hydrogen) atoms. The van der Waals surface area contributed by atoms with Crippen molar-refractivity contribution in [1.29, 1.82) is 0 Å². The second kappa shape index (κ2) is 7.47. The molecule has 146 valence electrons. The topological polar surface area (TPSA) is 32.3 Å². The van der Waals surface area contributed by atoms with Crippen molar-refractivity contribution in [3.8, 4) is 0 Å². The molecule has 1 aliphatic rings. The fourth-order valence-electron chi connectivity index (χ4n) is 3.29. The zero-order chi connectivity index (χ0) is 20.4.